The smallest absolute Gasteiger partial charge is 0.253 e. The van der Waals surface area contributed by atoms with Gasteiger partial charge in [-0.25, -0.2) is 0 Å². The lowest BCUT2D eigenvalue weighted by Gasteiger charge is -2.32. The van der Waals surface area contributed by atoms with Gasteiger partial charge in [-0.1, -0.05) is 12.1 Å². The molecule has 0 unspecified atom stereocenters. The average Bonchev–Trinajstić information content (AvgIpc) is 2.36. The SMILES string of the molecule is CC(C)Nc1ccccc1C(=O)NCC(C)(C)N(C)C. The van der Waals surface area contributed by atoms with Crippen molar-refractivity contribution in [1.82, 2.24) is 10.2 Å². The van der Waals surface area contributed by atoms with Crippen molar-refractivity contribution >= 4 is 11.6 Å². The average molecular weight is 277 g/mol. The Morgan fingerprint density at radius 2 is 1.85 bits per heavy atom. The topological polar surface area (TPSA) is 44.4 Å². The molecule has 0 aromatic heterocycles. The minimum Gasteiger partial charge on any atom is -0.382 e. The maximum Gasteiger partial charge on any atom is 0.253 e. The first-order valence-electron chi connectivity index (χ1n) is 7.05. The van der Waals surface area contributed by atoms with Gasteiger partial charge in [0.1, 0.15) is 0 Å². The van der Waals surface area contributed by atoms with Crippen molar-refractivity contribution in [2.45, 2.75) is 39.3 Å². The highest BCUT2D eigenvalue weighted by molar-refractivity contribution is 5.99. The first-order valence-corrected chi connectivity index (χ1v) is 7.05. The summed E-state index contributed by atoms with van der Waals surface area (Å²) in [5, 5.41) is 6.32. The number of benzene rings is 1. The lowest BCUT2D eigenvalue weighted by Crippen LogP contribution is -2.48. The zero-order chi connectivity index (χ0) is 15.3. The highest BCUT2D eigenvalue weighted by Crippen LogP contribution is 2.16. The molecule has 20 heavy (non-hydrogen) atoms. The number of carbonyl (C=O) groups is 1. The maximum atomic E-state index is 12.3. The number of rotatable bonds is 6. The van der Waals surface area contributed by atoms with Crippen LogP contribution in [0.15, 0.2) is 24.3 Å². The van der Waals surface area contributed by atoms with E-state index < -0.39 is 0 Å². The van der Waals surface area contributed by atoms with Crippen LogP contribution < -0.4 is 10.6 Å². The molecule has 1 aromatic rings. The number of nitrogens with one attached hydrogen (secondary N) is 2. The summed E-state index contributed by atoms with van der Waals surface area (Å²) in [6.07, 6.45) is 0. The van der Waals surface area contributed by atoms with E-state index >= 15 is 0 Å². The standard InChI is InChI=1S/C16H27N3O/c1-12(2)18-14-10-8-7-9-13(14)15(20)17-11-16(3,4)19(5)6/h7-10,12,18H,11H2,1-6H3,(H,17,20). The van der Waals surface area contributed by atoms with Crippen LogP contribution in [0.4, 0.5) is 5.69 Å². The van der Waals surface area contributed by atoms with Gasteiger partial charge in [-0.2, -0.15) is 0 Å². The predicted molar refractivity (Wildman–Crippen MR) is 85.3 cm³/mol. The monoisotopic (exact) mass is 277 g/mol. The quantitative estimate of drug-likeness (QED) is 0.840. The molecule has 0 radical (unpaired) electrons. The lowest BCUT2D eigenvalue weighted by atomic mass is 10.0. The lowest BCUT2D eigenvalue weighted by molar-refractivity contribution is 0.0920. The molecule has 4 nitrogen and oxygen atoms in total. The zero-order valence-corrected chi connectivity index (χ0v) is 13.4. The van der Waals surface area contributed by atoms with Gasteiger partial charge in [-0.3, -0.25) is 4.79 Å². The second-order valence-corrected chi connectivity index (χ2v) is 6.23. The molecular formula is C16H27N3O. The number of amides is 1. The Bertz CT molecular complexity index is 453. The van der Waals surface area contributed by atoms with Crippen molar-refractivity contribution in [2.24, 2.45) is 0 Å². The second kappa shape index (κ2) is 6.75. The van der Waals surface area contributed by atoms with Crippen LogP contribution in [-0.2, 0) is 0 Å². The van der Waals surface area contributed by atoms with Crippen LogP contribution in [0.3, 0.4) is 0 Å². The fourth-order valence-electron chi connectivity index (χ4n) is 1.67. The van der Waals surface area contributed by atoms with E-state index in [1.54, 1.807) is 0 Å². The van der Waals surface area contributed by atoms with E-state index in [0.29, 0.717) is 18.2 Å². The summed E-state index contributed by atoms with van der Waals surface area (Å²) in [5.74, 6) is -0.0383. The van der Waals surface area contributed by atoms with Crippen LogP contribution in [0, 0.1) is 0 Å². The van der Waals surface area contributed by atoms with Gasteiger partial charge in [0.15, 0.2) is 0 Å². The molecule has 0 saturated carbocycles. The van der Waals surface area contributed by atoms with Gasteiger partial charge in [0.25, 0.3) is 5.91 Å². The summed E-state index contributed by atoms with van der Waals surface area (Å²) >= 11 is 0. The predicted octanol–water partition coefficient (Wildman–Crippen LogP) is 2.58. The van der Waals surface area contributed by atoms with Crippen LogP contribution in [-0.4, -0.2) is 43.0 Å². The molecule has 1 aromatic carbocycles. The normalized spacial score (nSPS) is 11.8. The maximum absolute atomic E-state index is 12.3. The fourth-order valence-corrected chi connectivity index (χ4v) is 1.67. The number of hydrogen-bond acceptors (Lipinski definition) is 3. The molecular weight excluding hydrogens is 250 g/mol. The molecule has 0 aliphatic rings. The minimum absolute atomic E-state index is 0.0383. The van der Waals surface area contributed by atoms with Crippen molar-refractivity contribution in [3.05, 3.63) is 29.8 Å². The molecule has 0 heterocycles. The summed E-state index contributed by atoms with van der Waals surface area (Å²) < 4.78 is 0. The molecule has 0 fully saturated rings. The van der Waals surface area contributed by atoms with Crippen molar-refractivity contribution in [1.29, 1.82) is 0 Å². The van der Waals surface area contributed by atoms with Crippen molar-refractivity contribution in [2.75, 3.05) is 26.0 Å². The summed E-state index contributed by atoms with van der Waals surface area (Å²) in [7, 11) is 4.03. The third kappa shape index (κ3) is 4.53. The first-order chi connectivity index (χ1) is 9.24. The Morgan fingerprint density at radius 3 is 2.40 bits per heavy atom. The molecule has 0 saturated heterocycles. The number of para-hydroxylation sites is 1. The Hall–Kier alpha value is -1.55. The number of nitrogens with zero attached hydrogens (tertiary/aromatic N) is 1. The summed E-state index contributed by atoms with van der Waals surface area (Å²) in [5.41, 5.74) is 1.49. The van der Waals surface area contributed by atoms with E-state index in [4.69, 9.17) is 0 Å². The van der Waals surface area contributed by atoms with Gasteiger partial charge in [0.05, 0.1) is 5.56 Å². The van der Waals surface area contributed by atoms with Gasteiger partial charge in [0.2, 0.25) is 0 Å². The van der Waals surface area contributed by atoms with Crippen LogP contribution >= 0.6 is 0 Å². The van der Waals surface area contributed by atoms with Crippen LogP contribution in [0.1, 0.15) is 38.1 Å². The van der Waals surface area contributed by atoms with Gasteiger partial charge in [-0.15, -0.1) is 0 Å². The summed E-state index contributed by atoms with van der Waals surface area (Å²) in [6, 6.07) is 7.90. The third-order valence-corrected chi connectivity index (χ3v) is 3.51. The van der Waals surface area contributed by atoms with Gasteiger partial charge < -0.3 is 15.5 Å². The summed E-state index contributed by atoms with van der Waals surface area (Å²) in [4.78, 5) is 14.4. The van der Waals surface area contributed by atoms with E-state index in [-0.39, 0.29) is 11.4 Å². The zero-order valence-electron chi connectivity index (χ0n) is 13.4. The van der Waals surface area contributed by atoms with Crippen molar-refractivity contribution in [3.63, 3.8) is 0 Å². The number of likely N-dealkylation sites (N-methyl/N-ethyl adjacent to an activating group) is 1. The van der Waals surface area contributed by atoms with Crippen molar-refractivity contribution < 1.29 is 4.79 Å². The number of anilines is 1. The fraction of sp³-hybridized carbons (Fsp3) is 0.562. The molecule has 0 atom stereocenters. The molecule has 0 spiro atoms. The van der Waals surface area contributed by atoms with E-state index in [2.05, 4.69) is 43.2 Å². The third-order valence-electron chi connectivity index (χ3n) is 3.51. The van der Waals surface area contributed by atoms with E-state index in [9.17, 15) is 4.79 Å². The number of carbonyl (C=O) groups excluding carboxylic acids is 1. The van der Waals surface area contributed by atoms with E-state index in [0.717, 1.165) is 5.69 Å². The largest absolute Gasteiger partial charge is 0.382 e. The van der Waals surface area contributed by atoms with Crippen molar-refractivity contribution in [3.8, 4) is 0 Å². The van der Waals surface area contributed by atoms with Gasteiger partial charge in [0, 0.05) is 23.8 Å². The van der Waals surface area contributed by atoms with Gasteiger partial charge in [-0.05, 0) is 53.9 Å². The van der Waals surface area contributed by atoms with Crippen LogP contribution in [0.2, 0.25) is 0 Å². The highest BCUT2D eigenvalue weighted by Gasteiger charge is 2.22. The molecule has 0 aliphatic heterocycles. The van der Waals surface area contributed by atoms with Crippen LogP contribution in [0.25, 0.3) is 0 Å². The summed E-state index contributed by atoms with van der Waals surface area (Å²) in [6.45, 7) is 8.93. The molecule has 112 valence electrons. The molecule has 0 aliphatic carbocycles. The molecule has 2 N–H and O–H groups in total. The van der Waals surface area contributed by atoms with Gasteiger partial charge >= 0.3 is 0 Å². The Labute approximate surface area is 122 Å². The van der Waals surface area contributed by atoms with E-state index in [1.807, 2.05) is 38.4 Å². The molecule has 4 heteroatoms. The minimum atomic E-state index is -0.0733. The number of hydrogen-bond donors (Lipinski definition) is 2. The molecule has 1 amide bonds. The second-order valence-electron chi connectivity index (χ2n) is 6.23. The molecule has 0 bridgehead atoms. The molecule has 1 rings (SSSR count). The highest BCUT2D eigenvalue weighted by atomic mass is 16.1. The first kappa shape index (κ1) is 16.5. The van der Waals surface area contributed by atoms with E-state index in [1.165, 1.54) is 0 Å². The Kier molecular flexibility index (Phi) is 5.57. The van der Waals surface area contributed by atoms with Crippen LogP contribution in [0.5, 0.6) is 0 Å². The Morgan fingerprint density at radius 1 is 1.25 bits per heavy atom. The Balaban J connectivity index is 2.78.